The second kappa shape index (κ2) is 23.7. The molecule has 2 heterocycles. The van der Waals surface area contributed by atoms with E-state index >= 15 is 0 Å². The normalized spacial score (nSPS) is 28.9. The Morgan fingerprint density at radius 2 is 1.76 bits per heavy atom. The molecule has 62 heavy (non-hydrogen) atoms. The van der Waals surface area contributed by atoms with Gasteiger partial charge in [-0.25, -0.2) is 0 Å². The van der Waals surface area contributed by atoms with Gasteiger partial charge in [-0.05, 0) is 117 Å². The monoisotopic (exact) mass is 859 g/mol. The molecular weight excluding hydrogens is 789 g/mol. The highest BCUT2D eigenvalue weighted by molar-refractivity contribution is 5.67. The molecule has 340 valence electrons. The van der Waals surface area contributed by atoms with Crippen molar-refractivity contribution in [3.63, 3.8) is 0 Å². The third kappa shape index (κ3) is 13.6. The first kappa shape index (κ1) is 49.2. The van der Waals surface area contributed by atoms with E-state index in [1.54, 1.807) is 36.4 Å². The van der Waals surface area contributed by atoms with E-state index in [4.69, 9.17) is 0 Å². The van der Waals surface area contributed by atoms with Crippen LogP contribution in [0.2, 0.25) is 0 Å². The molecule has 11 N–H and O–H groups in total. The van der Waals surface area contributed by atoms with Crippen LogP contribution in [0.25, 0.3) is 0 Å². The molecule has 0 saturated carbocycles. The van der Waals surface area contributed by atoms with E-state index in [2.05, 4.69) is 22.5 Å². The van der Waals surface area contributed by atoms with Crippen LogP contribution in [0.3, 0.4) is 0 Å². The van der Waals surface area contributed by atoms with Crippen LogP contribution in [-0.4, -0.2) is 119 Å². The predicted molar refractivity (Wildman–Crippen MR) is 239 cm³/mol. The summed E-state index contributed by atoms with van der Waals surface area (Å²) in [5.74, 6) is 4.55. The minimum Gasteiger partial charge on any atom is -0.508 e. The van der Waals surface area contributed by atoms with E-state index in [-0.39, 0.29) is 62.8 Å². The van der Waals surface area contributed by atoms with Gasteiger partial charge in [-0.2, -0.15) is 0 Å². The highest BCUT2D eigenvalue weighted by atomic mass is 16.4. The molecule has 0 amide bonds. The number of allylic oxidation sites excluding steroid dienone is 2. The number of carboxylic acids is 1. The highest BCUT2D eigenvalue weighted by Gasteiger charge is 2.44. The molecule has 2 aromatic carbocycles. The number of aliphatic hydroxyl groups is 7. The summed E-state index contributed by atoms with van der Waals surface area (Å²) < 4.78 is 0. The van der Waals surface area contributed by atoms with Crippen molar-refractivity contribution in [1.82, 2.24) is 10.6 Å². The van der Waals surface area contributed by atoms with Gasteiger partial charge in [0.2, 0.25) is 0 Å². The molecule has 0 radical (unpaired) electrons. The van der Waals surface area contributed by atoms with Crippen molar-refractivity contribution in [2.45, 2.75) is 152 Å². The number of aromatic hydroxyl groups is 1. The van der Waals surface area contributed by atoms with Gasteiger partial charge in [0.15, 0.2) is 0 Å². The zero-order chi connectivity index (χ0) is 44.8. The van der Waals surface area contributed by atoms with Crippen LogP contribution in [0, 0.1) is 29.6 Å². The average Bonchev–Trinajstić information content (AvgIpc) is 3.41. The number of hydrogen-bond acceptors (Lipinski definition) is 11. The summed E-state index contributed by atoms with van der Waals surface area (Å²) in [7, 11) is 0. The fourth-order valence-electron chi connectivity index (χ4n) is 9.63. The first-order chi connectivity index (χ1) is 29.7. The number of phenols is 1. The number of phenolic OH excluding ortho intramolecular Hbond substituents is 1. The average molecular weight is 859 g/mol. The maximum Gasteiger partial charge on any atom is 0.303 e. The van der Waals surface area contributed by atoms with Gasteiger partial charge in [0.25, 0.3) is 0 Å². The van der Waals surface area contributed by atoms with E-state index < -0.39 is 72.6 Å². The molecule has 0 spiro atoms. The number of benzene rings is 2. The molecule has 3 aliphatic rings. The molecule has 12 atom stereocenters. The molecule has 2 aliphatic heterocycles. The zero-order valence-electron chi connectivity index (χ0n) is 36.3. The van der Waals surface area contributed by atoms with Crippen LogP contribution in [0.15, 0.2) is 84.0 Å². The fraction of sp³-hybridized carbons (Fsp3) is 0.580. The van der Waals surface area contributed by atoms with Crippen LogP contribution < -0.4 is 10.6 Å². The van der Waals surface area contributed by atoms with Gasteiger partial charge in [-0.1, -0.05) is 86.2 Å². The number of nitrogens with one attached hydrogen (secondary N) is 2. The summed E-state index contributed by atoms with van der Waals surface area (Å²) >= 11 is 0. The maximum absolute atomic E-state index is 12.8. The summed E-state index contributed by atoms with van der Waals surface area (Å²) in [6.45, 7) is 3.25. The molecule has 0 bridgehead atoms. The number of fused-ring (bicyclic) bond motifs is 2. The second-order valence-electron chi connectivity index (χ2n) is 17.9. The standard InChI is InChI=1S/C50H70N2O10/c1-3-4-11-44(57)45(58)24-20-36-18-16-34-8-5-6-9-35(34)17-19-37-10-7-26-50(62,29-33-13-21-39(55)22-14-33)49(37)52-43(41(36)27-40(56)31-54)23-25-46(59)48-42(28-47(60)61)38(30-53)15-12-32(2)51-48/h5-10,13-14,20-22,24,32,37-38,40,42-46,48-49,51-59,62H,3-4,11-12,15-16,18,23,25-31H2,1-2H3,(H,60,61). The van der Waals surface area contributed by atoms with Crippen LogP contribution in [0.4, 0.5) is 0 Å². The molecule has 5 rings (SSSR count). The molecular formula is C50H70N2O10. The quantitative estimate of drug-likeness (QED) is 0.0755. The minimum absolute atomic E-state index is 0.00228. The van der Waals surface area contributed by atoms with Crippen molar-refractivity contribution in [3.05, 3.63) is 101 Å². The summed E-state index contributed by atoms with van der Waals surface area (Å²) in [5, 5.41) is 106. The number of unbranched alkanes of at least 4 members (excludes halogenated alkanes) is 1. The molecule has 2 aromatic rings. The summed E-state index contributed by atoms with van der Waals surface area (Å²) in [6.07, 6.45) is 7.77. The van der Waals surface area contributed by atoms with Crippen LogP contribution >= 0.6 is 0 Å². The lowest BCUT2D eigenvalue weighted by Crippen LogP contribution is -2.60. The van der Waals surface area contributed by atoms with Gasteiger partial charge in [-0.3, -0.25) is 4.79 Å². The first-order valence-electron chi connectivity index (χ1n) is 22.6. The molecule has 1 aliphatic carbocycles. The van der Waals surface area contributed by atoms with Crippen LogP contribution in [0.5, 0.6) is 5.75 Å². The first-order valence-corrected chi connectivity index (χ1v) is 22.6. The molecule has 12 unspecified atom stereocenters. The number of aryl methyl sites for hydroxylation is 1. The summed E-state index contributed by atoms with van der Waals surface area (Å²) in [4.78, 5) is 12.2. The van der Waals surface area contributed by atoms with Crippen molar-refractivity contribution < 1.29 is 50.8 Å². The van der Waals surface area contributed by atoms with Crippen molar-refractivity contribution in [1.29, 1.82) is 0 Å². The summed E-state index contributed by atoms with van der Waals surface area (Å²) in [6, 6.07) is 12.5. The van der Waals surface area contributed by atoms with E-state index in [1.165, 1.54) is 0 Å². The SMILES string of the molecule is CCCCC(O)C(O)C=CC1=C(CC(O)CO)C(CCC(O)C2NC(C)CCC(CO)C2CC(=O)O)NC2C(C#Cc3ccccc3CC1)C=CCC2(O)Cc1ccc(O)cc1. The molecule has 0 aromatic heterocycles. The lowest BCUT2D eigenvalue weighted by Gasteiger charge is -2.44. The fourth-order valence-corrected chi connectivity index (χ4v) is 9.63. The highest BCUT2D eigenvalue weighted by Crippen LogP contribution is 2.37. The zero-order valence-corrected chi connectivity index (χ0v) is 36.3. The smallest absolute Gasteiger partial charge is 0.303 e. The lowest BCUT2D eigenvalue weighted by molar-refractivity contribution is -0.139. The Morgan fingerprint density at radius 3 is 2.47 bits per heavy atom. The van der Waals surface area contributed by atoms with Crippen molar-refractivity contribution in [2.24, 2.45) is 17.8 Å². The predicted octanol–water partition coefficient (Wildman–Crippen LogP) is 4.06. The molecule has 12 heteroatoms. The van der Waals surface area contributed by atoms with E-state index in [0.717, 1.165) is 35.1 Å². The summed E-state index contributed by atoms with van der Waals surface area (Å²) in [5.41, 5.74) is 2.61. The largest absolute Gasteiger partial charge is 0.508 e. The van der Waals surface area contributed by atoms with Gasteiger partial charge in [-0.15, -0.1) is 0 Å². The lowest BCUT2D eigenvalue weighted by atomic mass is 9.73. The van der Waals surface area contributed by atoms with Crippen LogP contribution in [0.1, 0.15) is 101 Å². The van der Waals surface area contributed by atoms with E-state index in [0.29, 0.717) is 37.7 Å². The Kier molecular flexibility index (Phi) is 18.8. The Morgan fingerprint density at radius 1 is 1.00 bits per heavy atom. The minimum atomic E-state index is -1.42. The Balaban J connectivity index is 1.67. The number of aliphatic carboxylic acids is 1. The number of hydrogen-bond donors (Lipinski definition) is 11. The number of aliphatic hydroxyl groups excluding tert-OH is 6. The third-order valence-corrected chi connectivity index (χ3v) is 13.2. The van der Waals surface area contributed by atoms with Crippen molar-refractivity contribution >= 4 is 5.97 Å². The van der Waals surface area contributed by atoms with Crippen LogP contribution in [-0.2, 0) is 17.6 Å². The molecule has 1 saturated heterocycles. The Labute approximate surface area is 367 Å². The number of carbonyl (C=O) groups is 1. The van der Waals surface area contributed by atoms with Gasteiger partial charge in [0.05, 0.1) is 55.0 Å². The van der Waals surface area contributed by atoms with Gasteiger partial charge < -0.3 is 56.6 Å². The molecule has 12 nitrogen and oxygen atoms in total. The van der Waals surface area contributed by atoms with E-state index in [1.807, 2.05) is 50.3 Å². The molecule has 1 fully saturated rings. The maximum atomic E-state index is 12.8. The Hall–Kier alpha value is -3.87. The number of rotatable bonds is 18. The number of carboxylic acid groups (broad SMARTS) is 1. The van der Waals surface area contributed by atoms with Gasteiger partial charge >= 0.3 is 5.97 Å². The topological polar surface area (TPSA) is 223 Å². The van der Waals surface area contributed by atoms with E-state index in [9.17, 15) is 50.8 Å². The van der Waals surface area contributed by atoms with Crippen molar-refractivity contribution in [2.75, 3.05) is 13.2 Å². The Bertz CT molecular complexity index is 1890. The second-order valence-corrected chi connectivity index (χ2v) is 17.9. The van der Waals surface area contributed by atoms with Crippen molar-refractivity contribution in [3.8, 4) is 17.6 Å². The van der Waals surface area contributed by atoms with Gasteiger partial charge in [0, 0.05) is 36.7 Å². The third-order valence-electron chi connectivity index (χ3n) is 13.2. The van der Waals surface area contributed by atoms with Gasteiger partial charge in [0.1, 0.15) is 5.75 Å².